The first kappa shape index (κ1) is 12.6. The van der Waals surface area contributed by atoms with Gasteiger partial charge in [-0.3, -0.25) is 4.90 Å². The van der Waals surface area contributed by atoms with Crippen molar-refractivity contribution in [2.75, 3.05) is 32.9 Å². The Bertz CT molecular complexity index is 383. The van der Waals surface area contributed by atoms with Crippen LogP contribution in [-0.2, 0) is 0 Å². The zero-order valence-corrected chi connectivity index (χ0v) is 10.3. The van der Waals surface area contributed by atoms with Crippen LogP contribution in [0.25, 0.3) is 0 Å². The number of nitrogens with zero attached hydrogens (tertiary/aromatic N) is 1. The topological polar surface area (TPSA) is 35.5 Å². The highest BCUT2D eigenvalue weighted by Gasteiger charge is 2.24. The summed E-state index contributed by atoms with van der Waals surface area (Å²) in [5, 5.41) is 13.4. The minimum atomic E-state index is -0.520. The van der Waals surface area contributed by atoms with Crippen molar-refractivity contribution in [1.82, 2.24) is 10.2 Å². The molecule has 0 aromatic heterocycles. The van der Waals surface area contributed by atoms with Crippen LogP contribution in [0.15, 0.2) is 18.2 Å². The fourth-order valence-corrected chi connectivity index (χ4v) is 2.35. The Balaban J connectivity index is 2.24. The molecular weight excluding hydrogens is 243 g/mol. The number of aromatic hydroxyl groups is 1. The van der Waals surface area contributed by atoms with Crippen LogP contribution in [0.3, 0.4) is 0 Å². The normalized spacial score (nSPS) is 19.2. The van der Waals surface area contributed by atoms with Crippen LogP contribution in [0.4, 0.5) is 4.39 Å². The average Bonchev–Trinajstić information content (AvgIpc) is 2.37. The molecule has 1 fully saturated rings. The molecule has 1 aliphatic rings. The molecule has 1 saturated heterocycles. The minimum absolute atomic E-state index is 0.00431. The number of alkyl halides is 1. The molecule has 0 radical (unpaired) electrons. The molecule has 0 spiro atoms. The summed E-state index contributed by atoms with van der Waals surface area (Å²) in [4.78, 5) is 2.03. The van der Waals surface area contributed by atoms with Crippen LogP contribution in [0, 0.1) is 0 Å². The summed E-state index contributed by atoms with van der Waals surface area (Å²) < 4.78 is 13.2. The third-order valence-electron chi connectivity index (χ3n) is 3.12. The zero-order chi connectivity index (χ0) is 12.3. The van der Waals surface area contributed by atoms with Gasteiger partial charge < -0.3 is 10.4 Å². The Labute approximate surface area is 105 Å². The summed E-state index contributed by atoms with van der Waals surface area (Å²) in [7, 11) is 0. The molecular formula is C12H16ClFN2O. The fourth-order valence-electron chi connectivity index (χ4n) is 2.17. The minimum Gasteiger partial charge on any atom is -0.506 e. The van der Waals surface area contributed by atoms with Crippen molar-refractivity contribution in [3.8, 4) is 5.75 Å². The van der Waals surface area contributed by atoms with Crippen molar-refractivity contribution < 1.29 is 9.50 Å². The number of piperazine rings is 1. The molecule has 1 aliphatic heterocycles. The van der Waals surface area contributed by atoms with Crippen LogP contribution < -0.4 is 5.32 Å². The fraction of sp³-hybridized carbons (Fsp3) is 0.500. The standard InChI is InChI=1S/C12H16ClFN2O/c13-10-3-1-2-9(12(10)17)11(8-14)16-6-4-15-5-7-16/h1-3,11,15,17H,4-8H2/t11-/m0/s1. The van der Waals surface area contributed by atoms with Crippen molar-refractivity contribution in [3.05, 3.63) is 28.8 Å². The van der Waals surface area contributed by atoms with Crippen LogP contribution in [0.1, 0.15) is 11.6 Å². The van der Waals surface area contributed by atoms with Gasteiger partial charge >= 0.3 is 0 Å². The Morgan fingerprint density at radius 2 is 2.12 bits per heavy atom. The maximum atomic E-state index is 13.2. The monoisotopic (exact) mass is 258 g/mol. The average molecular weight is 259 g/mol. The first-order valence-electron chi connectivity index (χ1n) is 5.72. The quantitative estimate of drug-likeness (QED) is 0.870. The molecule has 0 saturated carbocycles. The summed E-state index contributed by atoms with van der Waals surface area (Å²) >= 11 is 5.85. The van der Waals surface area contributed by atoms with Gasteiger partial charge in [-0.05, 0) is 6.07 Å². The first-order valence-corrected chi connectivity index (χ1v) is 6.10. The maximum absolute atomic E-state index is 13.2. The number of rotatable bonds is 3. The highest BCUT2D eigenvalue weighted by molar-refractivity contribution is 6.32. The highest BCUT2D eigenvalue weighted by Crippen LogP contribution is 2.34. The van der Waals surface area contributed by atoms with Gasteiger partial charge in [0.05, 0.1) is 11.1 Å². The van der Waals surface area contributed by atoms with E-state index in [2.05, 4.69) is 5.32 Å². The van der Waals surface area contributed by atoms with E-state index >= 15 is 0 Å². The van der Waals surface area contributed by atoms with Crippen molar-refractivity contribution in [2.45, 2.75) is 6.04 Å². The third-order valence-corrected chi connectivity index (χ3v) is 3.42. The Morgan fingerprint density at radius 3 is 2.76 bits per heavy atom. The second-order valence-corrected chi connectivity index (χ2v) is 4.54. The maximum Gasteiger partial charge on any atom is 0.139 e. The molecule has 1 atom stereocenters. The number of benzene rings is 1. The zero-order valence-electron chi connectivity index (χ0n) is 9.50. The van der Waals surface area contributed by atoms with Gasteiger partial charge in [-0.2, -0.15) is 0 Å². The number of phenolic OH excluding ortho intramolecular Hbond substituents is 1. The molecule has 0 unspecified atom stereocenters. The van der Waals surface area contributed by atoms with Crippen LogP contribution in [0.5, 0.6) is 5.75 Å². The first-order chi connectivity index (χ1) is 8.24. The second kappa shape index (κ2) is 5.67. The molecule has 2 N–H and O–H groups in total. The predicted octanol–water partition coefficient (Wildman–Crippen LogP) is 1.96. The van der Waals surface area contributed by atoms with Crippen LogP contribution in [0.2, 0.25) is 5.02 Å². The predicted molar refractivity (Wildman–Crippen MR) is 66.3 cm³/mol. The largest absolute Gasteiger partial charge is 0.506 e. The summed E-state index contributed by atoms with van der Waals surface area (Å²) in [5.74, 6) is -0.00431. The Hall–Kier alpha value is -0.840. The van der Waals surface area contributed by atoms with E-state index in [1.807, 2.05) is 4.90 Å². The summed E-state index contributed by atoms with van der Waals surface area (Å²) in [6.07, 6.45) is 0. The number of para-hydroxylation sites is 1. The Morgan fingerprint density at radius 1 is 1.41 bits per heavy atom. The molecule has 0 bridgehead atoms. The number of hydrogen-bond acceptors (Lipinski definition) is 3. The van der Waals surface area contributed by atoms with E-state index < -0.39 is 12.7 Å². The molecule has 0 aliphatic carbocycles. The second-order valence-electron chi connectivity index (χ2n) is 4.13. The number of nitrogens with one attached hydrogen (secondary N) is 1. The van der Waals surface area contributed by atoms with Crippen molar-refractivity contribution in [3.63, 3.8) is 0 Å². The van der Waals surface area contributed by atoms with Crippen molar-refractivity contribution in [1.29, 1.82) is 0 Å². The van der Waals surface area contributed by atoms with Gasteiger partial charge in [-0.1, -0.05) is 23.7 Å². The summed E-state index contributed by atoms with van der Waals surface area (Å²) in [6.45, 7) is 2.73. The molecule has 1 heterocycles. The molecule has 3 nitrogen and oxygen atoms in total. The lowest BCUT2D eigenvalue weighted by molar-refractivity contribution is 0.145. The molecule has 1 aromatic carbocycles. The van der Waals surface area contributed by atoms with Gasteiger partial charge in [-0.25, -0.2) is 4.39 Å². The highest BCUT2D eigenvalue weighted by atomic mass is 35.5. The third kappa shape index (κ3) is 2.70. The van der Waals surface area contributed by atoms with Gasteiger partial charge in [0.1, 0.15) is 12.4 Å². The van der Waals surface area contributed by atoms with E-state index in [1.54, 1.807) is 18.2 Å². The molecule has 1 aromatic rings. The van der Waals surface area contributed by atoms with Gasteiger partial charge in [0, 0.05) is 31.7 Å². The smallest absolute Gasteiger partial charge is 0.139 e. The van der Waals surface area contributed by atoms with Crippen molar-refractivity contribution >= 4 is 11.6 Å². The number of phenols is 1. The molecule has 17 heavy (non-hydrogen) atoms. The van der Waals surface area contributed by atoms with E-state index in [4.69, 9.17) is 11.6 Å². The van der Waals surface area contributed by atoms with Gasteiger partial charge in [0.2, 0.25) is 0 Å². The van der Waals surface area contributed by atoms with E-state index in [0.29, 0.717) is 5.56 Å². The summed E-state index contributed by atoms with van der Waals surface area (Å²) in [6, 6.07) is 4.67. The van der Waals surface area contributed by atoms with Gasteiger partial charge in [0.25, 0.3) is 0 Å². The lowest BCUT2D eigenvalue weighted by atomic mass is 10.0. The van der Waals surface area contributed by atoms with Crippen LogP contribution >= 0.6 is 11.6 Å². The number of halogens is 2. The molecule has 5 heteroatoms. The van der Waals surface area contributed by atoms with E-state index in [-0.39, 0.29) is 10.8 Å². The SMILES string of the molecule is Oc1c(Cl)cccc1[C@H](CF)N1CCNCC1. The number of hydrogen-bond donors (Lipinski definition) is 2. The molecule has 94 valence electrons. The van der Waals surface area contributed by atoms with E-state index in [1.165, 1.54) is 0 Å². The van der Waals surface area contributed by atoms with Crippen molar-refractivity contribution in [2.24, 2.45) is 0 Å². The Kier molecular flexibility index (Phi) is 4.20. The van der Waals surface area contributed by atoms with Gasteiger partial charge in [-0.15, -0.1) is 0 Å². The summed E-state index contributed by atoms with van der Waals surface area (Å²) in [5.41, 5.74) is 0.571. The lowest BCUT2D eigenvalue weighted by Crippen LogP contribution is -2.45. The van der Waals surface area contributed by atoms with Crippen LogP contribution in [-0.4, -0.2) is 42.9 Å². The molecule has 2 rings (SSSR count). The van der Waals surface area contributed by atoms with E-state index in [0.717, 1.165) is 26.2 Å². The van der Waals surface area contributed by atoms with E-state index in [9.17, 15) is 9.50 Å². The lowest BCUT2D eigenvalue weighted by Gasteiger charge is -2.33. The molecule has 0 amide bonds. The van der Waals surface area contributed by atoms with Gasteiger partial charge in [0.15, 0.2) is 0 Å².